The van der Waals surface area contributed by atoms with Crippen molar-refractivity contribution >= 4 is 21.4 Å². The zero-order chi connectivity index (χ0) is 25.2. The third-order valence-electron chi connectivity index (χ3n) is 5.98. The normalized spacial score (nSPS) is 15.8. The lowest BCUT2D eigenvalue weighted by atomic mass is 10.0. The summed E-state index contributed by atoms with van der Waals surface area (Å²) in [7, 11) is -3.54. The maximum atomic E-state index is 14.1. The summed E-state index contributed by atoms with van der Waals surface area (Å²) in [5.74, 6) is -1.00. The summed E-state index contributed by atoms with van der Waals surface area (Å²) in [6.07, 6.45) is -1.93. The number of halogens is 3. The molecule has 1 fully saturated rings. The molecule has 1 aliphatic heterocycles. The Labute approximate surface area is 201 Å². The molecular weight excluding hydrogens is 481 g/mol. The van der Waals surface area contributed by atoms with Crippen LogP contribution >= 0.6 is 0 Å². The van der Waals surface area contributed by atoms with Gasteiger partial charge in [-0.25, -0.2) is 8.42 Å². The van der Waals surface area contributed by atoms with Gasteiger partial charge in [-0.15, -0.1) is 0 Å². The van der Waals surface area contributed by atoms with Crippen molar-refractivity contribution < 1.29 is 26.4 Å². The number of likely N-dealkylation sites (tertiary alicyclic amines) is 1. The van der Waals surface area contributed by atoms with Crippen LogP contribution in [0.4, 0.5) is 18.9 Å². The molecule has 0 unspecified atom stereocenters. The van der Waals surface area contributed by atoms with Crippen molar-refractivity contribution in [1.82, 2.24) is 14.7 Å². The molecule has 0 aliphatic carbocycles. The van der Waals surface area contributed by atoms with E-state index in [1.165, 1.54) is 24.3 Å². The van der Waals surface area contributed by atoms with E-state index in [1.54, 1.807) is 0 Å². The van der Waals surface area contributed by atoms with Gasteiger partial charge < -0.3 is 5.32 Å². The van der Waals surface area contributed by atoms with Crippen molar-refractivity contribution in [1.29, 1.82) is 0 Å². The van der Waals surface area contributed by atoms with Gasteiger partial charge in [0.1, 0.15) is 0 Å². The molecule has 35 heavy (non-hydrogen) atoms. The predicted molar refractivity (Wildman–Crippen MR) is 125 cm³/mol. The molecular formula is C24H25F3N4O3S. The number of aromatic nitrogens is 2. The van der Waals surface area contributed by atoms with Crippen LogP contribution in [0.25, 0.3) is 0 Å². The van der Waals surface area contributed by atoms with Gasteiger partial charge in [-0.1, -0.05) is 36.4 Å². The van der Waals surface area contributed by atoms with Crippen molar-refractivity contribution in [2.45, 2.75) is 36.5 Å². The fourth-order valence-corrected chi connectivity index (χ4v) is 4.92. The summed E-state index contributed by atoms with van der Waals surface area (Å²) in [6.45, 7) is 1.94. The Balaban J connectivity index is 1.51. The third kappa shape index (κ3) is 5.91. The second-order valence-corrected chi connectivity index (χ2v) is 10.6. The Bertz CT molecular complexity index is 1300. The summed E-state index contributed by atoms with van der Waals surface area (Å²) in [5.41, 5.74) is -0.488. The number of carbonyl (C=O) groups is 1. The predicted octanol–water partition coefficient (Wildman–Crippen LogP) is 4.39. The van der Waals surface area contributed by atoms with E-state index >= 15 is 0 Å². The van der Waals surface area contributed by atoms with Crippen LogP contribution in [0.15, 0.2) is 65.7 Å². The van der Waals surface area contributed by atoms with E-state index in [0.717, 1.165) is 29.2 Å². The topological polar surface area (TPSA) is 84.3 Å². The Morgan fingerprint density at radius 2 is 1.77 bits per heavy atom. The molecule has 1 N–H and O–H groups in total. The molecule has 0 radical (unpaired) electrons. The Kier molecular flexibility index (Phi) is 7.00. The van der Waals surface area contributed by atoms with E-state index in [4.69, 9.17) is 0 Å². The van der Waals surface area contributed by atoms with Gasteiger partial charge in [0.15, 0.2) is 15.5 Å². The lowest BCUT2D eigenvalue weighted by Gasteiger charge is -2.33. The first-order chi connectivity index (χ1) is 16.5. The molecule has 0 spiro atoms. The molecule has 3 aromatic rings. The number of hydrogen-bond acceptors (Lipinski definition) is 5. The fraction of sp³-hybridized carbons (Fsp3) is 0.333. The Hall–Kier alpha value is -3.18. The van der Waals surface area contributed by atoms with Crippen LogP contribution in [0.5, 0.6) is 0 Å². The number of alkyl halides is 3. The van der Waals surface area contributed by atoms with E-state index in [2.05, 4.69) is 15.3 Å². The van der Waals surface area contributed by atoms with Crippen molar-refractivity contribution in [3.63, 3.8) is 0 Å². The van der Waals surface area contributed by atoms with E-state index in [0.29, 0.717) is 25.9 Å². The maximum Gasteiger partial charge on any atom is 0.433 e. The molecule has 186 valence electrons. The number of nitrogens with zero attached hydrogens (tertiary/aromatic N) is 3. The van der Waals surface area contributed by atoms with Gasteiger partial charge in [0.2, 0.25) is 0 Å². The average molecular weight is 507 g/mol. The number of anilines is 1. The molecule has 1 saturated heterocycles. The third-order valence-corrected chi connectivity index (χ3v) is 7.09. The van der Waals surface area contributed by atoms with Gasteiger partial charge in [-0.2, -0.15) is 18.3 Å². The number of piperidine rings is 1. The lowest BCUT2D eigenvalue weighted by molar-refractivity contribution is -0.145. The molecule has 2 aromatic carbocycles. The highest BCUT2D eigenvalue weighted by Crippen LogP contribution is 2.36. The number of carbonyl (C=O) groups excluding carboxylic acids is 1. The second kappa shape index (κ2) is 9.82. The largest absolute Gasteiger partial charge is 0.433 e. The van der Waals surface area contributed by atoms with Gasteiger partial charge in [0.05, 0.1) is 22.7 Å². The van der Waals surface area contributed by atoms with E-state index in [1.807, 2.05) is 30.3 Å². The van der Waals surface area contributed by atoms with Gasteiger partial charge in [-0.05, 0) is 36.6 Å². The molecule has 1 amide bonds. The zero-order valence-corrected chi connectivity index (χ0v) is 19.8. The van der Waals surface area contributed by atoms with Crippen LogP contribution in [-0.4, -0.2) is 48.4 Å². The molecule has 4 rings (SSSR count). The molecule has 2 heterocycles. The summed E-state index contributed by atoms with van der Waals surface area (Å²) in [5, 5.41) is 6.33. The van der Waals surface area contributed by atoms with E-state index in [9.17, 15) is 26.4 Å². The highest BCUT2D eigenvalue weighted by atomic mass is 32.2. The van der Waals surface area contributed by atoms with Gasteiger partial charge in [0, 0.05) is 31.6 Å². The summed E-state index contributed by atoms with van der Waals surface area (Å²) in [6, 6.07) is 14.7. The van der Waals surface area contributed by atoms with E-state index in [-0.39, 0.29) is 10.6 Å². The first-order valence-corrected chi connectivity index (χ1v) is 12.9. The monoisotopic (exact) mass is 506 g/mol. The first-order valence-electron chi connectivity index (χ1n) is 11.0. The van der Waals surface area contributed by atoms with Crippen molar-refractivity contribution in [3.05, 3.63) is 77.6 Å². The van der Waals surface area contributed by atoms with Crippen molar-refractivity contribution in [2.75, 3.05) is 24.7 Å². The minimum absolute atomic E-state index is 0.0516. The lowest BCUT2D eigenvalue weighted by Crippen LogP contribution is -2.35. The zero-order valence-electron chi connectivity index (χ0n) is 19.0. The second-order valence-electron chi connectivity index (χ2n) is 8.60. The van der Waals surface area contributed by atoms with Crippen LogP contribution in [0, 0.1) is 0 Å². The first kappa shape index (κ1) is 24.9. The standard InChI is InChI=1S/C24H25F3N4O3S/c1-35(33,34)20-9-5-8-18(14-20)29-23(32)21-15-28-31(22(21)24(25,26)27)19-10-12-30(13-11-19)16-17-6-3-2-4-7-17/h2-9,14-15,19H,10-13,16H2,1H3,(H,29,32). The van der Waals surface area contributed by atoms with Gasteiger partial charge >= 0.3 is 6.18 Å². The van der Waals surface area contributed by atoms with Crippen LogP contribution in [0.3, 0.4) is 0 Å². The Morgan fingerprint density at radius 3 is 2.40 bits per heavy atom. The highest BCUT2D eigenvalue weighted by Gasteiger charge is 2.42. The summed E-state index contributed by atoms with van der Waals surface area (Å²) < 4.78 is 66.6. The summed E-state index contributed by atoms with van der Waals surface area (Å²) in [4.78, 5) is 14.9. The average Bonchev–Trinajstić information content (AvgIpc) is 3.26. The smallest absolute Gasteiger partial charge is 0.322 e. The van der Waals surface area contributed by atoms with Crippen LogP contribution in [-0.2, 0) is 22.6 Å². The number of rotatable bonds is 6. The summed E-state index contributed by atoms with van der Waals surface area (Å²) >= 11 is 0. The number of hydrogen-bond donors (Lipinski definition) is 1. The van der Waals surface area contributed by atoms with Gasteiger partial charge in [-0.3, -0.25) is 14.4 Å². The molecule has 7 nitrogen and oxygen atoms in total. The van der Waals surface area contributed by atoms with Crippen LogP contribution in [0.1, 0.15) is 40.5 Å². The van der Waals surface area contributed by atoms with Crippen LogP contribution < -0.4 is 5.32 Å². The quantitative estimate of drug-likeness (QED) is 0.536. The SMILES string of the molecule is CS(=O)(=O)c1cccc(NC(=O)c2cnn(C3CCN(Cc4ccccc4)CC3)c2C(F)(F)F)c1. The number of nitrogens with one attached hydrogen (secondary N) is 1. The van der Waals surface area contributed by atoms with Crippen molar-refractivity contribution in [2.24, 2.45) is 0 Å². The van der Waals surface area contributed by atoms with Crippen LogP contribution in [0.2, 0.25) is 0 Å². The molecule has 1 aliphatic rings. The van der Waals surface area contributed by atoms with Crippen molar-refractivity contribution in [3.8, 4) is 0 Å². The minimum atomic E-state index is -4.79. The molecule has 0 atom stereocenters. The molecule has 1 aromatic heterocycles. The highest BCUT2D eigenvalue weighted by molar-refractivity contribution is 7.90. The minimum Gasteiger partial charge on any atom is -0.322 e. The van der Waals surface area contributed by atoms with Gasteiger partial charge in [0.25, 0.3) is 5.91 Å². The number of benzene rings is 2. The molecule has 0 bridgehead atoms. The Morgan fingerprint density at radius 1 is 1.09 bits per heavy atom. The molecule has 11 heteroatoms. The number of amides is 1. The fourth-order valence-electron chi connectivity index (χ4n) is 4.25. The van der Waals surface area contributed by atoms with E-state index < -0.39 is 39.2 Å². The maximum absolute atomic E-state index is 14.1. The molecule has 0 saturated carbocycles. The number of sulfone groups is 1.